The van der Waals surface area contributed by atoms with Gasteiger partial charge in [0.15, 0.2) is 0 Å². The molecule has 3 rings (SSSR count). The normalized spacial score (nSPS) is 12.3. The number of hydrogen-bond acceptors (Lipinski definition) is 2. The Balaban J connectivity index is 1.88. The fourth-order valence-corrected chi connectivity index (χ4v) is 2.57. The monoisotopic (exact) mass is 313 g/mol. The summed E-state index contributed by atoms with van der Waals surface area (Å²) in [5, 5.41) is 3.33. The van der Waals surface area contributed by atoms with Crippen molar-refractivity contribution in [3.05, 3.63) is 89.5 Å². The molecule has 0 bridgehead atoms. The molecule has 0 aliphatic rings. The molecule has 0 aliphatic carbocycles. The van der Waals surface area contributed by atoms with E-state index in [1.54, 1.807) is 18.3 Å². The highest BCUT2D eigenvalue weighted by atomic mass is 19.1. The molecule has 23 heavy (non-hydrogen) atoms. The second-order valence-electron chi connectivity index (χ2n) is 5.40. The van der Waals surface area contributed by atoms with Gasteiger partial charge in [-0.15, -0.1) is 0 Å². The molecule has 5 heteroatoms. The summed E-state index contributed by atoms with van der Waals surface area (Å²) in [5.74, 6) is 0.199. The third kappa shape index (κ3) is 3.63. The van der Waals surface area contributed by atoms with Gasteiger partial charge in [0.25, 0.3) is 0 Å². The molecule has 0 radical (unpaired) electrons. The minimum Gasteiger partial charge on any atom is -0.336 e. The van der Waals surface area contributed by atoms with Crippen LogP contribution in [0.25, 0.3) is 0 Å². The third-order valence-electron chi connectivity index (χ3n) is 3.70. The van der Waals surface area contributed by atoms with Gasteiger partial charge in [-0.25, -0.2) is 13.8 Å². The van der Waals surface area contributed by atoms with Crippen LogP contribution in [0.3, 0.4) is 0 Å². The molecule has 0 unspecified atom stereocenters. The van der Waals surface area contributed by atoms with E-state index >= 15 is 0 Å². The van der Waals surface area contributed by atoms with Gasteiger partial charge in [-0.05, 0) is 35.4 Å². The topological polar surface area (TPSA) is 29.9 Å². The number of aryl methyl sites for hydroxylation is 1. The summed E-state index contributed by atoms with van der Waals surface area (Å²) in [6, 6.07) is 12.5. The molecular formula is C18H17F2N3. The highest BCUT2D eigenvalue weighted by Gasteiger charge is 2.18. The average molecular weight is 313 g/mol. The molecule has 0 fully saturated rings. The molecule has 2 aromatic carbocycles. The molecule has 1 N–H and O–H groups in total. The van der Waals surface area contributed by atoms with Gasteiger partial charge in [0, 0.05) is 26.0 Å². The van der Waals surface area contributed by atoms with Crippen LogP contribution in [0, 0.1) is 11.6 Å². The van der Waals surface area contributed by atoms with Crippen molar-refractivity contribution in [1.82, 2.24) is 14.9 Å². The zero-order valence-electron chi connectivity index (χ0n) is 12.7. The van der Waals surface area contributed by atoms with Gasteiger partial charge in [-0.3, -0.25) is 5.32 Å². The number of rotatable bonds is 5. The first kappa shape index (κ1) is 15.4. The summed E-state index contributed by atoms with van der Waals surface area (Å²) in [6.07, 6.45) is 3.54. The maximum absolute atomic E-state index is 13.6. The Labute approximate surface area is 133 Å². The number of imidazole rings is 1. The van der Waals surface area contributed by atoms with Gasteiger partial charge in [-0.2, -0.15) is 0 Å². The lowest BCUT2D eigenvalue weighted by Crippen LogP contribution is -2.25. The van der Waals surface area contributed by atoms with Crippen LogP contribution < -0.4 is 5.32 Å². The highest BCUT2D eigenvalue weighted by Crippen LogP contribution is 2.22. The van der Waals surface area contributed by atoms with Crippen LogP contribution >= 0.6 is 0 Å². The van der Waals surface area contributed by atoms with E-state index in [4.69, 9.17) is 0 Å². The van der Waals surface area contributed by atoms with Crippen molar-refractivity contribution in [3.63, 3.8) is 0 Å². The first-order valence-electron chi connectivity index (χ1n) is 7.34. The van der Waals surface area contributed by atoms with Crippen LogP contribution in [-0.4, -0.2) is 9.55 Å². The standard InChI is InChI=1S/C18H17F2N3/c1-23-9-8-21-18(23)17(14-5-3-7-16(20)11-14)22-12-13-4-2-6-15(19)10-13/h2-11,17,22H,12H2,1H3/t17-/m0/s1. The number of hydrogen-bond donors (Lipinski definition) is 1. The van der Waals surface area contributed by atoms with Crippen molar-refractivity contribution in [3.8, 4) is 0 Å². The second kappa shape index (κ2) is 6.71. The van der Waals surface area contributed by atoms with Gasteiger partial charge < -0.3 is 4.57 Å². The van der Waals surface area contributed by atoms with Crippen LogP contribution in [0.1, 0.15) is 23.0 Å². The molecule has 1 aromatic heterocycles. The Bertz CT molecular complexity index is 798. The Morgan fingerprint density at radius 1 is 1.09 bits per heavy atom. The fourth-order valence-electron chi connectivity index (χ4n) is 2.57. The predicted molar refractivity (Wildman–Crippen MR) is 84.7 cm³/mol. The van der Waals surface area contributed by atoms with Crippen molar-refractivity contribution in [2.75, 3.05) is 0 Å². The first-order valence-corrected chi connectivity index (χ1v) is 7.34. The number of halogens is 2. The summed E-state index contributed by atoms with van der Waals surface area (Å²) in [6.45, 7) is 0.450. The fraction of sp³-hybridized carbons (Fsp3) is 0.167. The average Bonchev–Trinajstić information content (AvgIpc) is 2.94. The molecule has 1 atom stereocenters. The van der Waals surface area contributed by atoms with Crippen LogP contribution in [0.4, 0.5) is 8.78 Å². The van der Waals surface area contributed by atoms with Gasteiger partial charge >= 0.3 is 0 Å². The summed E-state index contributed by atoms with van der Waals surface area (Å²) >= 11 is 0. The van der Waals surface area contributed by atoms with E-state index < -0.39 is 0 Å². The summed E-state index contributed by atoms with van der Waals surface area (Å²) in [4.78, 5) is 4.36. The van der Waals surface area contributed by atoms with Gasteiger partial charge in [0.2, 0.25) is 0 Å². The largest absolute Gasteiger partial charge is 0.336 e. The van der Waals surface area contributed by atoms with E-state index in [2.05, 4.69) is 10.3 Å². The number of aromatic nitrogens is 2. The summed E-state index contributed by atoms with van der Waals surface area (Å²) in [7, 11) is 1.89. The van der Waals surface area contributed by atoms with Crippen molar-refractivity contribution in [2.45, 2.75) is 12.6 Å². The Hall–Kier alpha value is -2.53. The quantitative estimate of drug-likeness (QED) is 0.780. The van der Waals surface area contributed by atoms with Gasteiger partial charge in [0.05, 0.1) is 6.04 Å². The van der Waals surface area contributed by atoms with Crippen LogP contribution in [0.2, 0.25) is 0 Å². The van der Waals surface area contributed by atoms with Crippen LogP contribution in [0.15, 0.2) is 60.9 Å². The van der Waals surface area contributed by atoms with E-state index in [0.717, 1.165) is 17.0 Å². The van der Waals surface area contributed by atoms with E-state index in [1.165, 1.54) is 24.3 Å². The Morgan fingerprint density at radius 2 is 1.83 bits per heavy atom. The van der Waals surface area contributed by atoms with E-state index in [9.17, 15) is 8.78 Å². The Morgan fingerprint density at radius 3 is 2.48 bits per heavy atom. The predicted octanol–water partition coefficient (Wildman–Crippen LogP) is 3.58. The molecule has 0 aliphatic heterocycles. The van der Waals surface area contributed by atoms with Gasteiger partial charge in [0.1, 0.15) is 17.5 Å². The first-order chi connectivity index (χ1) is 11.1. The van der Waals surface area contributed by atoms with E-state index in [-0.39, 0.29) is 17.7 Å². The molecule has 118 valence electrons. The van der Waals surface area contributed by atoms with Crippen LogP contribution in [0.5, 0.6) is 0 Å². The molecule has 0 spiro atoms. The third-order valence-corrected chi connectivity index (χ3v) is 3.70. The lowest BCUT2D eigenvalue weighted by atomic mass is 10.1. The van der Waals surface area contributed by atoms with E-state index in [1.807, 2.05) is 29.9 Å². The summed E-state index contributed by atoms with van der Waals surface area (Å²) in [5.41, 5.74) is 1.59. The molecule has 0 amide bonds. The maximum atomic E-state index is 13.6. The van der Waals surface area contributed by atoms with Crippen molar-refractivity contribution < 1.29 is 8.78 Å². The van der Waals surface area contributed by atoms with Crippen molar-refractivity contribution >= 4 is 0 Å². The molecule has 0 saturated heterocycles. The Kier molecular flexibility index (Phi) is 4.48. The number of nitrogens with zero attached hydrogens (tertiary/aromatic N) is 2. The van der Waals surface area contributed by atoms with Crippen molar-refractivity contribution in [2.24, 2.45) is 7.05 Å². The van der Waals surface area contributed by atoms with Crippen LogP contribution in [-0.2, 0) is 13.6 Å². The van der Waals surface area contributed by atoms with Crippen molar-refractivity contribution in [1.29, 1.82) is 0 Å². The minimum absolute atomic E-state index is 0.274. The maximum Gasteiger partial charge on any atom is 0.130 e. The smallest absolute Gasteiger partial charge is 0.130 e. The molecular weight excluding hydrogens is 296 g/mol. The minimum atomic E-state index is -0.297. The zero-order valence-corrected chi connectivity index (χ0v) is 12.7. The molecule has 1 heterocycles. The lowest BCUT2D eigenvalue weighted by molar-refractivity contribution is 0.548. The van der Waals surface area contributed by atoms with Gasteiger partial charge in [-0.1, -0.05) is 24.3 Å². The van der Waals surface area contributed by atoms with E-state index in [0.29, 0.717) is 6.54 Å². The number of nitrogens with one attached hydrogen (secondary N) is 1. The summed E-state index contributed by atoms with van der Waals surface area (Å²) < 4.78 is 28.8. The lowest BCUT2D eigenvalue weighted by Gasteiger charge is -2.19. The molecule has 0 saturated carbocycles. The molecule has 3 aromatic rings. The second-order valence-corrected chi connectivity index (χ2v) is 5.40. The highest BCUT2D eigenvalue weighted by molar-refractivity contribution is 5.26. The number of benzene rings is 2. The zero-order chi connectivity index (χ0) is 16.2. The SMILES string of the molecule is Cn1ccnc1[C@@H](NCc1cccc(F)c1)c1cccc(F)c1. The molecule has 3 nitrogen and oxygen atoms in total.